The molecule has 5 rings (SSSR count). The number of nitrogens with one attached hydrogen (secondary N) is 1. The lowest BCUT2D eigenvalue weighted by Gasteiger charge is -2.12. The van der Waals surface area contributed by atoms with Gasteiger partial charge in [0.25, 0.3) is 0 Å². The zero-order chi connectivity index (χ0) is 19.6. The van der Waals surface area contributed by atoms with Crippen LogP contribution in [0.15, 0.2) is 41.3 Å². The van der Waals surface area contributed by atoms with E-state index in [2.05, 4.69) is 9.97 Å². The summed E-state index contributed by atoms with van der Waals surface area (Å²) >= 11 is 0. The summed E-state index contributed by atoms with van der Waals surface area (Å²) in [7, 11) is 0. The lowest BCUT2D eigenvalue weighted by molar-refractivity contribution is 0.0695. The molecule has 2 N–H and O–H groups in total. The SMILES string of the molecule is O=C(O)c1cn(C2CC2)c2c(cc(F)c3nc(-c4ccc(F)cc4)[nH]c32)c1=O. The van der Waals surface area contributed by atoms with Gasteiger partial charge >= 0.3 is 5.97 Å². The predicted octanol–water partition coefficient (Wildman–Crippen LogP) is 3.86. The molecular weight excluding hydrogens is 368 g/mol. The molecule has 4 aromatic rings. The van der Waals surface area contributed by atoms with E-state index in [4.69, 9.17) is 0 Å². The van der Waals surface area contributed by atoms with Gasteiger partial charge in [0, 0.05) is 17.8 Å². The van der Waals surface area contributed by atoms with E-state index in [1.807, 2.05) is 0 Å². The molecule has 28 heavy (non-hydrogen) atoms. The van der Waals surface area contributed by atoms with Crippen LogP contribution in [0, 0.1) is 11.6 Å². The Balaban J connectivity index is 1.88. The van der Waals surface area contributed by atoms with Crippen LogP contribution in [0.1, 0.15) is 29.2 Å². The van der Waals surface area contributed by atoms with Crippen molar-refractivity contribution >= 4 is 27.9 Å². The van der Waals surface area contributed by atoms with Gasteiger partial charge in [-0.2, -0.15) is 0 Å². The number of halogens is 2. The number of carbonyl (C=O) groups is 1. The fourth-order valence-electron chi connectivity index (χ4n) is 3.50. The zero-order valence-corrected chi connectivity index (χ0v) is 14.4. The molecule has 0 amide bonds. The monoisotopic (exact) mass is 381 g/mol. The molecule has 0 unspecified atom stereocenters. The second kappa shape index (κ2) is 5.72. The number of imidazole rings is 1. The van der Waals surface area contributed by atoms with Gasteiger partial charge in [-0.05, 0) is 43.2 Å². The van der Waals surface area contributed by atoms with Gasteiger partial charge in [-0.1, -0.05) is 0 Å². The lowest BCUT2D eigenvalue weighted by atomic mass is 10.1. The number of hydrogen-bond donors (Lipinski definition) is 2. The summed E-state index contributed by atoms with van der Waals surface area (Å²) in [5, 5.41) is 9.34. The van der Waals surface area contributed by atoms with Crippen molar-refractivity contribution in [3.8, 4) is 11.4 Å². The first-order valence-electron chi connectivity index (χ1n) is 8.70. The van der Waals surface area contributed by atoms with Crippen LogP contribution in [0.4, 0.5) is 8.78 Å². The van der Waals surface area contributed by atoms with E-state index in [9.17, 15) is 23.5 Å². The second-order valence-corrected chi connectivity index (χ2v) is 6.89. The molecule has 0 aliphatic heterocycles. The van der Waals surface area contributed by atoms with E-state index < -0.39 is 28.6 Å². The highest BCUT2D eigenvalue weighted by Gasteiger charge is 2.29. The fraction of sp³-hybridized carbons (Fsp3) is 0.150. The summed E-state index contributed by atoms with van der Waals surface area (Å²) < 4.78 is 29.6. The van der Waals surface area contributed by atoms with Crippen molar-refractivity contribution in [2.45, 2.75) is 18.9 Å². The van der Waals surface area contributed by atoms with E-state index in [-0.39, 0.29) is 16.9 Å². The summed E-state index contributed by atoms with van der Waals surface area (Å²) in [6.45, 7) is 0. The van der Waals surface area contributed by atoms with Crippen LogP contribution in [-0.4, -0.2) is 25.6 Å². The number of aromatic amines is 1. The number of fused-ring (bicyclic) bond motifs is 3. The van der Waals surface area contributed by atoms with Crippen LogP contribution in [0.3, 0.4) is 0 Å². The molecule has 0 saturated heterocycles. The number of carboxylic acids is 1. The Hall–Kier alpha value is -3.55. The molecular formula is C20H13F2N3O3. The lowest BCUT2D eigenvalue weighted by Crippen LogP contribution is -2.19. The minimum Gasteiger partial charge on any atom is -0.477 e. The van der Waals surface area contributed by atoms with Gasteiger partial charge in [-0.15, -0.1) is 0 Å². The number of hydrogen-bond acceptors (Lipinski definition) is 3. The average molecular weight is 381 g/mol. The number of aromatic carboxylic acids is 1. The Labute approximate surface area is 156 Å². The number of aromatic nitrogens is 3. The van der Waals surface area contributed by atoms with Gasteiger partial charge in [-0.25, -0.2) is 18.6 Å². The normalized spacial score (nSPS) is 14.1. The quantitative estimate of drug-likeness (QED) is 0.564. The molecule has 0 radical (unpaired) electrons. The molecule has 6 nitrogen and oxygen atoms in total. The van der Waals surface area contributed by atoms with E-state index in [1.54, 1.807) is 4.57 Å². The Bertz CT molecular complexity index is 1340. The first-order chi connectivity index (χ1) is 13.4. The largest absolute Gasteiger partial charge is 0.477 e. The van der Waals surface area contributed by atoms with Crippen molar-refractivity contribution in [2.24, 2.45) is 0 Å². The summed E-state index contributed by atoms with van der Waals surface area (Å²) in [4.78, 5) is 31.4. The first kappa shape index (κ1) is 16.6. The molecule has 1 aliphatic carbocycles. The zero-order valence-electron chi connectivity index (χ0n) is 14.4. The van der Waals surface area contributed by atoms with Crippen molar-refractivity contribution in [3.05, 3.63) is 63.9 Å². The van der Waals surface area contributed by atoms with Crippen LogP contribution in [-0.2, 0) is 0 Å². The summed E-state index contributed by atoms with van der Waals surface area (Å²) in [5.41, 5.74) is 0.218. The maximum absolute atomic E-state index is 14.7. The highest BCUT2D eigenvalue weighted by molar-refractivity contribution is 6.05. The molecule has 0 spiro atoms. The number of nitrogens with zero attached hydrogens (tertiary/aromatic N) is 2. The molecule has 1 saturated carbocycles. The molecule has 1 aliphatic rings. The van der Waals surface area contributed by atoms with Crippen molar-refractivity contribution in [1.29, 1.82) is 0 Å². The van der Waals surface area contributed by atoms with Crippen molar-refractivity contribution < 1.29 is 18.7 Å². The Kier molecular flexibility index (Phi) is 3.39. The van der Waals surface area contributed by atoms with Gasteiger partial charge in [0.05, 0.1) is 16.4 Å². The molecule has 2 heterocycles. The summed E-state index contributed by atoms with van der Waals surface area (Å²) in [6, 6.07) is 6.67. The molecule has 2 aromatic carbocycles. The van der Waals surface area contributed by atoms with Gasteiger partial charge in [0.1, 0.15) is 22.7 Å². The van der Waals surface area contributed by atoms with Crippen molar-refractivity contribution in [2.75, 3.05) is 0 Å². The maximum Gasteiger partial charge on any atom is 0.341 e. The number of pyridine rings is 1. The fourth-order valence-corrected chi connectivity index (χ4v) is 3.50. The Morgan fingerprint density at radius 3 is 2.57 bits per heavy atom. The van der Waals surface area contributed by atoms with E-state index >= 15 is 0 Å². The predicted molar refractivity (Wildman–Crippen MR) is 98.4 cm³/mol. The van der Waals surface area contributed by atoms with E-state index in [0.29, 0.717) is 22.4 Å². The van der Waals surface area contributed by atoms with Crippen LogP contribution >= 0.6 is 0 Å². The minimum absolute atomic E-state index is 0.00824. The van der Waals surface area contributed by atoms with Gasteiger partial charge < -0.3 is 14.7 Å². The van der Waals surface area contributed by atoms with Crippen molar-refractivity contribution in [1.82, 2.24) is 14.5 Å². The highest BCUT2D eigenvalue weighted by Crippen LogP contribution is 2.39. The smallest absolute Gasteiger partial charge is 0.341 e. The third-order valence-electron chi connectivity index (χ3n) is 5.00. The van der Waals surface area contributed by atoms with Gasteiger partial charge in [0.2, 0.25) is 5.43 Å². The van der Waals surface area contributed by atoms with Crippen LogP contribution in [0.2, 0.25) is 0 Å². The third-order valence-corrected chi connectivity index (χ3v) is 5.00. The molecule has 8 heteroatoms. The topological polar surface area (TPSA) is 88.0 Å². The maximum atomic E-state index is 14.7. The Morgan fingerprint density at radius 1 is 1.21 bits per heavy atom. The summed E-state index contributed by atoms with van der Waals surface area (Å²) in [5.74, 6) is -2.15. The Morgan fingerprint density at radius 2 is 1.93 bits per heavy atom. The number of benzene rings is 2. The molecule has 140 valence electrons. The van der Waals surface area contributed by atoms with Gasteiger partial charge in [-0.3, -0.25) is 4.79 Å². The average Bonchev–Trinajstić information content (AvgIpc) is 3.41. The molecule has 0 bridgehead atoms. The van der Waals surface area contributed by atoms with Crippen LogP contribution in [0.25, 0.3) is 33.3 Å². The van der Waals surface area contributed by atoms with Crippen molar-refractivity contribution in [3.63, 3.8) is 0 Å². The summed E-state index contributed by atoms with van der Waals surface area (Å²) in [6.07, 6.45) is 3.00. The first-order valence-corrected chi connectivity index (χ1v) is 8.70. The number of H-pyrrole nitrogens is 1. The van der Waals surface area contributed by atoms with Crippen LogP contribution < -0.4 is 5.43 Å². The molecule has 2 aromatic heterocycles. The number of rotatable bonds is 3. The van der Waals surface area contributed by atoms with E-state index in [1.165, 1.54) is 30.5 Å². The van der Waals surface area contributed by atoms with Crippen LogP contribution in [0.5, 0.6) is 0 Å². The minimum atomic E-state index is -1.35. The molecule has 1 fully saturated rings. The molecule has 0 atom stereocenters. The highest BCUT2D eigenvalue weighted by atomic mass is 19.1. The number of carboxylic acid groups (broad SMARTS) is 1. The third kappa shape index (κ3) is 2.41. The standard InChI is InChI=1S/C20H13F2N3O3/c21-10-3-1-9(2-4-10)19-23-15-14(22)7-12-17(16(15)24-19)25(11-5-6-11)8-13(18(12)26)20(27)28/h1-4,7-8,11H,5-6H2,(H,23,24)(H,27,28). The second-order valence-electron chi connectivity index (χ2n) is 6.89. The van der Waals surface area contributed by atoms with Gasteiger partial charge in [0.15, 0.2) is 5.82 Å². The van der Waals surface area contributed by atoms with E-state index in [0.717, 1.165) is 18.9 Å².